The molecule has 0 bridgehead atoms. The Bertz CT molecular complexity index is 1320. The first-order valence-corrected chi connectivity index (χ1v) is 14.7. The van der Waals surface area contributed by atoms with Gasteiger partial charge in [-0.15, -0.1) is 0 Å². The van der Waals surface area contributed by atoms with Gasteiger partial charge in [-0.1, -0.05) is 0 Å². The average Bonchev–Trinajstić information content (AvgIpc) is 3.50. The Morgan fingerprint density at radius 2 is 1.44 bits per heavy atom. The van der Waals surface area contributed by atoms with Crippen LogP contribution in [0, 0.1) is 0 Å². The second-order valence-corrected chi connectivity index (χ2v) is 10.0. The molecule has 2 fully saturated rings. The lowest BCUT2D eigenvalue weighted by Gasteiger charge is -2.40. The monoisotopic (exact) mass is 630 g/mol. The van der Waals surface area contributed by atoms with Gasteiger partial charge in [0.05, 0.1) is 58.6 Å². The molecule has 4 N–H and O–H groups in total. The van der Waals surface area contributed by atoms with Crippen molar-refractivity contribution in [2.75, 3.05) is 58.2 Å². The molecule has 1 saturated carbocycles. The summed E-state index contributed by atoms with van der Waals surface area (Å²) in [6, 6.07) is 0. The fourth-order valence-corrected chi connectivity index (χ4v) is 4.58. The van der Waals surface area contributed by atoms with Gasteiger partial charge in [0, 0.05) is 31.5 Å². The van der Waals surface area contributed by atoms with Gasteiger partial charge >= 0.3 is 11.9 Å². The topological polar surface area (TPSA) is 199 Å². The van der Waals surface area contributed by atoms with Crippen LogP contribution < -0.4 is 20.5 Å². The maximum absolute atomic E-state index is 11.6. The van der Waals surface area contributed by atoms with Crippen LogP contribution in [0.5, 0.6) is 11.8 Å². The van der Waals surface area contributed by atoms with E-state index in [-0.39, 0.29) is 5.82 Å². The zero-order valence-corrected chi connectivity index (χ0v) is 26.1. The molecule has 3 heterocycles. The standard InChI is InChI=1S/C20H29N3O6.C10H13N3O3/c1-3-27-17(24)5-4-15-18(23-16(26-2)14-22-15)21-11-10-19(25)6-8-20(9-7-19)28-12-13-29-20;1-3-16-9(14)5-4-7-10(11)13-8(15-2)6-12-7/h4-5,14,25H,3,6-13H2,1-2H3,(H,21,23);4-6H,3H2,1-2H3,(H2,11,13). The third kappa shape index (κ3) is 11.0. The lowest BCUT2D eigenvalue weighted by molar-refractivity contribution is -0.202. The summed E-state index contributed by atoms with van der Waals surface area (Å²) < 4.78 is 31.0. The Morgan fingerprint density at radius 3 is 1.98 bits per heavy atom. The van der Waals surface area contributed by atoms with Crippen LogP contribution in [-0.2, 0) is 28.5 Å². The van der Waals surface area contributed by atoms with Gasteiger partial charge < -0.3 is 44.6 Å². The maximum atomic E-state index is 11.6. The highest BCUT2D eigenvalue weighted by Gasteiger charge is 2.45. The second-order valence-electron chi connectivity index (χ2n) is 10.0. The van der Waals surface area contributed by atoms with Gasteiger partial charge in [-0.25, -0.2) is 19.6 Å². The van der Waals surface area contributed by atoms with Crippen molar-refractivity contribution in [3.05, 3.63) is 35.9 Å². The minimum Gasteiger partial charge on any atom is -0.480 e. The Balaban J connectivity index is 0.000000292. The zero-order chi connectivity index (χ0) is 32.7. The van der Waals surface area contributed by atoms with Gasteiger partial charge in [0.2, 0.25) is 11.8 Å². The summed E-state index contributed by atoms with van der Waals surface area (Å²) in [7, 11) is 2.98. The van der Waals surface area contributed by atoms with Crippen LogP contribution in [0.4, 0.5) is 11.6 Å². The average molecular weight is 631 g/mol. The number of carbonyl (C=O) groups is 2. The minimum atomic E-state index is -0.777. The summed E-state index contributed by atoms with van der Waals surface area (Å²) in [6.07, 6.45) is 11.6. The van der Waals surface area contributed by atoms with Crippen molar-refractivity contribution in [1.82, 2.24) is 19.9 Å². The molecule has 0 unspecified atom stereocenters. The molecule has 246 valence electrons. The molecule has 2 aromatic rings. The molecule has 0 atom stereocenters. The van der Waals surface area contributed by atoms with Crippen molar-refractivity contribution < 1.29 is 43.1 Å². The number of methoxy groups -OCH3 is 2. The molecule has 0 radical (unpaired) electrons. The molecule has 1 aliphatic heterocycles. The highest BCUT2D eigenvalue weighted by Crippen LogP contribution is 2.41. The summed E-state index contributed by atoms with van der Waals surface area (Å²) in [5.74, 6) is -0.0378. The largest absolute Gasteiger partial charge is 0.480 e. The zero-order valence-electron chi connectivity index (χ0n) is 26.1. The number of nitrogens with two attached hydrogens (primary N) is 1. The Kier molecular flexibility index (Phi) is 13.5. The van der Waals surface area contributed by atoms with Crippen molar-refractivity contribution in [2.45, 2.75) is 57.3 Å². The van der Waals surface area contributed by atoms with E-state index in [4.69, 9.17) is 34.2 Å². The van der Waals surface area contributed by atoms with Gasteiger partial charge in [-0.05, 0) is 45.3 Å². The lowest BCUT2D eigenvalue weighted by atomic mass is 9.79. The Hall–Kier alpha value is -4.34. The first kappa shape index (κ1) is 35.1. The molecular formula is C30H42N6O9. The summed E-state index contributed by atoms with van der Waals surface area (Å²) in [5.41, 5.74) is 5.71. The number of hydrogen-bond acceptors (Lipinski definition) is 15. The normalized spacial score (nSPS) is 16.6. The van der Waals surface area contributed by atoms with Crippen LogP contribution in [0.2, 0.25) is 0 Å². The van der Waals surface area contributed by atoms with Crippen molar-refractivity contribution in [3.8, 4) is 11.8 Å². The van der Waals surface area contributed by atoms with Crippen LogP contribution in [0.15, 0.2) is 24.5 Å². The van der Waals surface area contributed by atoms with Crippen LogP contribution >= 0.6 is 0 Å². The highest BCUT2D eigenvalue weighted by molar-refractivity contribution is 5.88. The van der Waals surface area contributed by atoms with Crippen LogP contribution in [0.25, 0.3) is 12.2 Å². The van der Waals surface area contributed by atoms with E-state index in [1.807, 2.05) is 0 Å². The van der Waals surface area contributed by atoms with Gasteiger partial charge in [0.1, 0.15) is 11.4 Å². The third-order valence-electron chi connectivity index (χ3n) is 6.97. The summed E-state index contributed by atoms with van der Waals surface area (Å²) in [5, 5.41) is 14.1. The number of ether oxygens (including phenoxy) is 6. The lowest BCUT2D eigenvalue weighted by Crippen LogP contribution is -2.44. The third-order valence-corrected chi connectivity index (χ3v) is 6.97. The number of rotatable bonds is 12. The maximum Gasteiger partial charge on any atom is 0.330 e. The van der Waals surface area contributed by atoms with Gasteiger partial charge in [-0.2, -0.15) is 9.97 Å². The van der Waals surface area contributed by atoms with E-state index in [1.54, 1.807) is 19.9 Å². The van der Waals surface area contributed by atoms with E-state index < -0.39 is 23.3 Å². The van der Waals surface area contributed by atoms with E-state index in [1.165, 1.54) is 44.8 Å². The molecule has 45 heavy (non-hydrogen) atoms. The molecule has 0 amide bonds. The molecule has 4 rings (SSSR count). The van der Waals surface area contributed by atoms with Gasteiger partial charge in [-0.3, -0.25) is 0 Å². The number of carbonyl (C=O) groups excluding carboxylic acids is 2. The summed E-state index contributed by atoms with van der Waals surface area (Å²) >= 11 is 0. The fraction of sp³-hybridized carbons (Fsp3) is 0.533. The van der Waals surface area contributed by atoms with Crippen LogP contribution in [0.3, 0.4) is 0 Å². The van der Waals surface area contributed by atoms with Crippen molar-refractivity contribution in [2.24, 2.45) is 0 Å². The minimum absolute atomic E-state index is 0.194. The highest BCUT2D eigenvalue weighted by atomic mass is 16.7. The number of esters is 2. The molecule has 2 aromatic heterocycles. The molecular weight excluding hydrogens is 588 g/mol. The van der Waals surface area contributed by atoms with Gasteiger partial charge in [0.25, 0.3) is 0 Å². The molecule has 15 nitrogen and oxygen atoms in total. The number of nitrogens with one attached hydrogen (secondary N) is 1. The second kappa shape index (κ2) is 17.2. The number of aromatic nitrogens is 4. The smallest absolute Gasteiger partial charge is 0.330 e. The SMILES string of the molecule is CCOC(=O)C=Cc1ncc(OC)nc1N.CCOC(=O)C=Cc1ncc(OC)nc1NCCC1(O)CCC2(CC1)OCCO2. The Morgan fingerprint density at radius 1 is 0.911 bits per heavy atom. The number of aliphatic hydroxyl groups is 1. The van der Waals surface area contributed by atoms with E-state index in [0.717, 1.165) is 0 Å². The van der Waals surface area contributed by atoms with Crippen molar-refractivity contribution in [1.29, 1.82) is 0 Å². The van der Waals surface area contributed by atoms with Crippen molar-refractivity contribution in [3.63, 3.8) is 0 Å². The van der Waals surface area contributed by atoms with E-state index >= 15 is 0 Å². The van der Waals surface area contributed by atoms with Gasteiger partial charge in [0.15, 0.2) is 17.4 Å². The molecule has 1 saturated heterocycles. The molecule has 0 aromatic carbocycles. The number of hydrogen-bond donors (Lipinski definition) is 3. The quantitative estimate of drug-likeness (QED) is 0.228. The fourth-order valence-electron chi connectivity index (χ4n) is 4.58. The summed E-state index contributed by atoms with van der Waals surface area (Å²) in [4.78, 5) is 39.1. The molecule has 1 aliphatic carbocycles. The van der Waals surface area contributed by atoms with E-state index in [0.29, 0.717) is 94.0 Å². The number of anilines is 2. The number of nitrogen functional groups attached to an aromatic ring is 1. The Labute approximate surface area is 262 Å². The molecule has 15 heteroatoms. The summed E-state index contributed by atoms with van der Waals surface area (Å²) in [6.45, 7) is 5.84. The van der Waals surface area contributed by atoms with E-state index in [2.05, 4.69) is 25.3 Å². The first-order chi connectivity index (χ1) is 21.6. The number of nitrogens with zero attached hydrogens (tertiary/aromatic N) is 4. The molecule has 2 aliphatic rings. The predicted octanol–water partition coefficient (Wildman–Crippen LogP) is 2.56. The van der Waals surface area contributed by atoms with E-state index in [9.17, 15) is 14.7 Å². The first-order valence-electron chi connectivity index (χ1n) is 14.7. The predicted molar refractivity (Wildman–Crippen MR) is 164 cm³/mol. The van der Waals surface area contributed by atoms with Crippen molar-refractivity contribution >= 4 is 35.7 Å². The molecule has 1 spiro atoms. The van der Waals surface area contributed by atoms with Crippen LogP contribution in [-0.4, -0.2) is 95.6 Å². The van der Waals surface area contributed by atoms with Crippen LogP contribution in [0.1, 0.15) is 57.3 Å².